The Hall–Kier alpha value is -3.93. The quantitative estimate of drug-likeness (QED) is 0.332. The Kier molecular flexibility index (Phi) is 8.87. The van der Waals surface area contributed by atoms with E-state index in [1.165, 1.54) is 18.5 Å². The number of hydrogen-bond donors (Lipinski definition) is 2. The first-order chi connectivity index (χ1) is 19.9. The molecule has 2 aliphatic rings. The van der Waals surface area contributed by atoms with Crippen LogP contribution in [0, 0.1) is 5.82 Å². The second-order valence-corrected chi connectivity index (χ2v) is 10.1. The number of aromatic nitrogens is 2. The van der Waals surface area contributed by atoms with Crippen LogP contribution in [0.15, 0.2) is 55.4 Å². The smallest absolute Gasteiger partial charge is 0.247 e. The van der Waals surface area contributed by atoms with Crippen LogP contribution in [0.1, 0.15) is 24.9 Å². The zero-order valence-electron chi connectivity index (χ0n) is 23.1. The maximum atomic E-state index is 14.7. The molecule has 0 radical (unpaired) electrons. The number of methoxy groups -OCH3 is 1. The summed E-state index contributed by atoms with van der Waals surface area (Å²) in [4.78, 5) is 31.5. The van der Waals surface area contributed by atoms with Crippen LogP contribution in [-0.2, 0) is 9.63 Å². The van der Waals surface area contributed by atoms with Crippen molar-refractivity contribution in [1.82, 2.24) is 14.9 Å². The molecule has 1 aromatic heterocycles. The first kappa shape index (κ1) is 28.6. The van der Waals surface area contributed by atoms with Crippen molar-refractivity contribution in [2.75, 3.05) is 67.0 Å². The van der Waals surface area contributed by atoms with Gasteiger partial charge in [-0.05, 0) is 30.8 Å². The van der Waals surface area contributed by atoms with Gasteiger partial charge in [-0.1, -0.05) is 31.2 Å². The molecule has 1 unspecified atom stereocenters. The second kappa shape index (κ2) is 12.7. The number of hydrogen-bond acceptors (Lipinski definition) is 9. The van der Waals surface area contributed by atoms with Gasteiger partial charge in [0.25, 0.3) is 0 Å². The lowest BCUT2D eigenvalue weighted by Crippen LogP contribution is -2.46. The van der Waals surface area contributed by atoms with Gasteiger partial charge in [-0.25, -0.2) is 19.4 Å². The number of amides is 1. The number of carbonyl (C=O) groups is 1. The molecule has 3 heterocycles. The van der Waals surface area contributed by atoms with Gasteiger partial charge in [-0.3, -0.25) is 9.63 Å². The van der Waals surface area contributed by atoms with Crippen molar-refractivity contribution in [2.24, 2.45) is 0 Å². The van der Waals surface area contributed by atoms with E-state index in [2.05, 4.69) is 43.9 Å². The number of halogens is 2. The van der Waals surface area contributed by atoms with Crippen molar-refractivity contribution >= 4 is 46.2 Å². The molecule has 3 aromatic rings. The fourth-order valence-electron chi connectivity index (χ4n) is 5.11. The fourth-order valence-corrected chi connectivity index (χ4v) is 5.27. The van der Waals surface area contributed by atoms with Crippen molar-refractivity contribution in [3.63, 3.8) is 0 Å². The summed E-state index contributed by atoms with van der Waals surface area (Å²) in [5.74, 6) is 0.785. The second-order valence-electron chi connectivity index (χ2n) is 9.70. The minimum Gasteiger partial charge on any atom is -0.494 e. The molecule has 10 nitrogen and oxygen atoms in total. The monoisotopic (exact) mass is 581 g/mol. The van der Waals surface area contributed by atoms with Crippen molar-refractivity contribution < 1.29 is 18.8 Å². The molecule has 2 aromatic carbocycles. The van der Waals surface area contributed by atoms with Gasteiger partial charge in [0.15, 0.2) is 5.82 Å². The molecular formula is C29H33ClFN7O3. The zero-order valence-corrected chi connectivity index (χ0v) is 23.8. The Bertz CT molecular complexity index is 1420. The summed E-state index contributed by atoms with van der Waals surface area (Å²) in [5.41, 5.74) is 2.55. The predicted molar refractivity (Wildman–Crippen MR) is 159 cm³/mol. The summed E-state index contributed by atoms with van der Waals surface area (Å²) in [7, 11) is 1.59. The Morgan fingerprint density at radius 3 is 2.71 bits per heavy atom. The van der Waals surface area contributed by atoms with Crippen LogP contribution in [0.2, 0.25) is 5.02 Å². The van der Waals surface area contributed by atoms with Gasteiger partial charge in [0.2, 0.25) is 5.91 Å². The fraction of sp³-hybridized carbons (Fsp3) is 0.345. The van der Waals surface area contributed by atoms with Gasteiger partial charge in [0.1, 0.15) is 23.7 Å². The van der Waals surface area contributed by atoms with Crippen LogP contribution in [0.3, 0.4) is 0 Å². The highest BCUT2D eigenvalue weighted by molar-refractivity contribution is 6.30. The predicted octanol–water partition coefficient (Wildman–Crippen LogP) is 5.17. The van der Waals surface area contributed by atoms with E-state index in [1.54, 1.807) is 30.4 Å². The van der Waals surface area contributed by atoms with E-state index in [0.717, 1.165) is 38.4 Å². The summed E-state index contributed by atoms with van der Waals surface area (Å²) in [5, 5.41) is 8.14. The van der Waals surface area contributed by atoms with E-state index in [0.29, 0.717) is 52.4 Å². The molecule has 0 bridgehead atoms. The normalized spacial score (nSPS) is 17.4. The number of anilines is 5. The lowest BCUT2D eigenvalue weighted by atomic mass is 10.0. The third kappa shape index (κ3) is 6.37. The Morgan fingerprint density at radius 2 is 2.00 bits per heavy atom. The third-order valence-corrected chi connectivity index (χ3v) is 7.52. The van der Waals surface area contributed by atoms with E-state index in [-0.39, 0.29) is 11.9 Å². The van der Waals surface area contributed by atoms with Crippen molar-refractivity contribution in [1.29, 1.82) is 0 Å². The molecule has 0 saturated carbocycles. The van der Waals surface area contributed by atoms with Gasteiger partial charge in [-0.2, -0.15) is 0 Å². The summed E-state index contributed by atoms with van der Waals surface area (Å²) in [6.07, 6.45) is 3.23. The average Bonchev–Trinajstić information content (AvgIpc) is 3.47. The largest absolute Gasteiger partial charge is 0.494 e. The highest BCUT2D eigenvalue weighted by Crippen LogP contribution is 2.40. The van der Waals surface area contributed by atoms with Gasteiger partial charge in [-0.15, -0.1) is 0 Å². The molecule has 2 fully saturated rings. The van der Waals surface area contributed by atoms with Crippen LogP contribution in [-0.4, -0.2) is 67.2 Å². The summed E-state index contributed by atoms with van der Waals surface area (Å²) in [6, 6.07) is 9.69. The highest BCUT2D eigenvalue weighted by atomic mass is 35.5. The van der Waals surface area contributed by atoms with Gasteiger partial charge >= 0.3 is 0 Å². The molecule has 5 rings (SSSR count). The van der Waals surface area contributed by atoms with Crippen LogP contribution >= 0.6 is 11.6 Å². The van der Waals surface area contributed by atoms with Crippen molar-refractivity contribution in [3.05, 3.63) is 71.8 Å². The molecule has 41 heavy (non-hydrogen) atoms. The molecule has 2 N–H and O–H groups in total. The van der Waals surface area contributed by atoms with Gasteiger partial charge in [0, 0.05) is 55.3 Å². The highest BCUT2D eigenvalue weighted by Gasteiger charge is 2.31. The molecule has 0 aliphatic carbocycles. The standard InChI is InChI=1S/C29H33ClFN7O3/c1-4-29(39)35-22-15-23(26(40-3)16-25(22)37-11-9-36(5-2)10-12-37)34-27-17-28(33-18-32-27)38-24(8-13-41-38)20-7-6-19(30)14-21(20)31/h4,6-7,14-18,24H,1,5,8-13H2,2-3H3,(H,35,39)(H,32,33,34). The van der Waals surface area contributed by atoms with Crippen LogP contribution in [0.25, 0.3) is 0 Å². The van der Waals surface area contributed by atoms with E-state index in [4.69, 9.17) is 21.2 Å². The molecule has 2 aliphatic heterocycles. The van der Waals surface area contributed by atoms with E-state index >= 15 is 0 Å². The average molecular weight is 582 g/mol. The lowest BCUT2D eigenvalue weighted by molar-refractivity contribution is -0.111. The molecule has 1 amide bonds. The van der Waals surface area contributed by atoms with Crippen molar-refractivity contribution in [2.45, 2.75) is 19.4 Å². The number of benzene rings is 2. The van der Waals surface area contributed by atoms with Gasteiger partial charge < -0.3 is 25.2 Å². The summed E-state index contributed by atoms with van der Waals surface area (Å²) < 4.78 is 20.5. The van der Waals surface area contributed by atoms with Crippen LogP contribution < -0.4 is 25.3 Å². The number of rotatable bonds is 9. The number of hydroxylamine groups is 1. The molecule has 216 valence electrons. The minimum atomic E-state index is -0.402. The number of carbonyl (C=O) groups excluding carboxylic acids is 1. The number of likely N-dealkylation sites (N-methyl/N-ethyl adjacent to an activating group) is 1. The molecular weight excluding hydrogens is 549 g/mol. The van der Waals surface area contributed by atoms with Gasteiger partial charge in [0.05, 0.1) is 36.8 Å². The molecule has 1 atom stereocenters. The van der Waals surface area contributed by atoms with E-state index in [9.17, 15) is 9.18 Å². The lowest BCUT2D eigenvalue weighted by Gasteiger charge is -2.36. The van der Waals surface area contributed by atoms with Crippen LogP contribution in [0.4, 0.5) is 33.1 Å². The number of piperazine rings is 1. The molecule has 2 saturated heterocycles. The Labute approximate surface area is 243 Å². The summed E-state index contributed by atoms with van der Waals surface area (Å²) >= 11 is 5.96. The number of ether oxygens (including phenoxy) is 1. The van der Waals surface area contributed by atoms with E-state index in [1.807, 2.05) is 12.1 Å². The minimum absolute atomic E-state index is 0.314. The maximum absolute atomic E-state index is 14.7. The summed E-state index contributed by atoms with van der Waals surface area (Å²) in [6.45, 7) is 10.7. The zero-order chi connectivity index (χ0) is 28.9. The topological polar surface area (TPSA) is 95.1 Å². The molecule has 0 spiro atoms. The molecule has 12 heteroatoms. The maximum Gasteiger partial charge on any atom is 0.247 e. The van der Waals surface area contributed by atoms with Crippen LogP contribution in [0.5, 0.6) is 5.75 Å². The Morgan fingerprint density at radius 1 is 1.20 bits per heavy atom. The SMILES string of the molecule is C=CC(=O)Nc1cc(Nc2cc(N3OCCC3c3ccc(Cl)cc3F)ncn2)c(OC)cc1N1CCN(CC)CC1. The first-order valence-electron chi connectivity index (χ1n) is 13.5. The Balaban J connectivity index is 1.43. The number of nitrogens with one attached hydrogen (secondary N) is 2. The number of nitrogens with zero attached hydrogens (tertiary/aromatic N) is 5. The third-order valence-electron chi connectivity index (χ3n) is 7.29. The first-order valence-corrected chi connectivity index (χ1v) is 13.9. The van der Waals surface area contributed by atoms with E-state index < -0.39 is 5.82 Å². The van der Waals surface area contributed by atoms with Crippen molar-refractivity contribution in [3.8, 4) is 5.75 Å².